The molecule has 1 aliphatic heterocycles. The van der Waals surface area contributed by atoms with Crippen LogP contribution in [0.2, 0.25) is 5.02 Å². The van der Waals surface area contributed by atoms with Crippen LogP contribution in [0, 0.1) is 5.92 Å². The van der Waals surface area contributed by atoms with Crippen LogP contribution in [0.25, 0.3) is 0 Å². The van der Waals surface area contributed by atoms with Crippen molar-refractivity contribution < 1.29 is 0 Å². The number of halogens is 1. The molecular weight excluding hydrogens is 244 g/mol. The SMILES string of the molecule is CCC1CCCN(Cc2ccc(Cl)cc2N)CC1. The van der Waals surface area contributed by atoms with E-state index in [1.165, 1.54) is 44.3 Å². The van der Waals surface area contributed by atoms with Gasteiger partial charge >= 0.3 is 0 Å². The number of rotatable bonds is 3. The normalized spacial score (nSPS) is 21.8. The summed E-state index contributed by atoms with van der Waals surface area (Å²) in [5.74, 6) is 0.914. The van der Waals surface area contributed by atoms with Gasteiger partial charge in [-0.25, -0.2) is 0 Å². The molecule has 1 atom stereocenters. The van der Waals surface area contributed by atoms with Crippen LogP contribution in [-0.2, 0) is 6.54 Å². The fourth-order valence-corrected chi connectivity index (χ4v) is 2.92. The second-order valence-corrected chi connectivity index (χ2v) is 5.76. The molecule has 0 radical (unpaired) electrons. The number of nitrogen functional groups attached to an aromatic ring is 1. The summed E-state index contributed by atoms with van der Waals surface area (Å²) in [6.07, 6.45) is 5.33. The molecule has 100 valence electrons. The highest BCUT2D eigenvalue weighted by atomic mass is 35.5. The second-order valence-electron chi connectivity index (χ2n) is 5.32. The number of anilines is 1. The molecule has 0 amide bonds. The monoisotopic (exact) mass is 266 g/mol. The van der Waals surface area contributed by atoms with Gasteiger partial charge in [-0.3, -0.25) is 4.90 Å². The topological polar surface area (TPSA) is 29.3 Å². The minimum absolute atomic E-state index is 0.721. The van der Waals surface area contributed by atoms with Gasteiger partial charge in [0, 0.05) is 17.3 Å². The van der Waals surface area contributed by atoms with Crippen LogP contribution in [0.5, 0.6) is 0 Å². The van der Waals surface area contributed by atoms with Crippen molar-refractivity contribution in [2.45, 2.75) is 39.2 Å². The Morgan fingerprint density at radius 1 is 1.33 bits per heavy atom. The number of nitrogens with zero attached hydrogens (tertiary/aromatic N) is 1. The Kier molecular flexibility index (Phi) is 4.90. The lowest BCUT2D eigenvalue weighted by Gasteiger charge is -2.21. The van der Waals surface area contributed by atoms with Gasteiger partial charge < -0.3 is 5.73 Å². The van der Waals surface area contributed by atoms with Crippen LogP contribution in [0.15, 0.2) is 18.2 Å². The maximum absolute atomic E-state index is 6.02. The summed E-state index contributed by atoms with van der Waals surface area (Å²) in [7, 11) is 0. The van der Waals surface area contributed by atoms with E-state index in [1.54, 1.807) is 0 Å². The molecule has 1 heterocycles. The minimum atomic E-state index is 0.721. The molecule has 0 spiro atoms. The van der Waals surface area contributed by atoms with E-state index < -0.39 is 0 Å². The molecular formula is C15H23ClN2. The summed E-state index contributed by atoms with van der Waals surface area (Å²) in [5.41, 5.74) is 8.04. The summed E-state index contributed by atoms with van der Waals surface area (Å²) in [5, 5.41) is 0.721. The van der Waals surface area contributed by atoms with Gasteiger partial charge in [-0.2, -0.15) is 0 Å². The average molecular weight is 267 g/mol. The Morgan fingerprint density at radius 2 is 2.17 bits per heavy atom. The summed E-state index contributed by atoms with van der Waals surface area (Å²) < 4.78 is 0. The summed E-state index contributed by atoms with van der Waals surface area (Å²) in [6, 6.07) is 5.84. The van der Waals surface area contributed by atoms with Crippen LogP contribution in [0.3, 0.4) is 0 Å². The van der Waals surface area contributed by atoms with E-state index in [9.17, 15) is 0 Å². The van der Waals surface area contributed by atoms with Crippen LogP contribution < -0.4 is 5.73 Å². The van der Waals surface area contributed by atoms with Crippen molar-refractivity contribution in [1.82, 2.24) is 4.90 Å². The Labute approximate surface area is 115 Å². The lowest BCUT2D eigenvalue weighted by molar-refractivity contribution is 0.272. The maximum Gasteiger partial charge on any atom is 0.0426 e. The predicted octanol–water partition coefficient (Wildman–Crippen LogP) is 3.93. The third kappa shape index (κ3) is 3.63. The van der Waals surface area contributed by atoms with Gasteiger partial charge in [-0.05, 0) is 56.0 Å². The van der Waals surface area contributed by atoms with Crippen LogP contribution >= 0.6 is 11.6 Å². The van der Waals surface area contributed by atoms with Gasteiger partial charge in [0.25, 0.3) is 0 Å². The highest BCUT2D eigenvalue weighted by Crippen LogP contribution is 2.24. The molecule has 1 unspecified atom stereocenters. The smallest absolute Gasteiger partial charge is 0.0426 e. The fraction of sp³-hybridized carbons (Fsp3) is 0.600. The van der Waals surface area contributed by atoms with Gasteiger partial charge in [0.15, 0.2) is 0 Å². The molecule has 0 aliphatic carbocycles. The van der Waals surface area contributed by atoms with Crippen molar-refractivity contribution in [3.8, 4) is 0 Å². The first kappa shape index (κ1) is 13.7. The zero-order chi connectivity index (χ0) is 13.0. The Morgan fingerprint density at radius 3 is 2.89 bits per heavy atom. The van der Waals surface area contributed by atoms with E-state index in [1.807, 2.05) is 12.1 Å². The molecule has 2 nitrogen and oxygen atoms in total. The van der Waals surface area contributed by atoms with E-state index >= 15 is 0 Å². The van der Waals surface area contributed by atoms with Crippen LogP contribution in [0.4, 0.5) is 5.69 Å². The van der Waals surface area contributed by atoms with E-state index in [2.05, 4.69) is 17.9 Å². The lowest BCUT2D eigenvalue weighted by Crippen LogP contribution is -2.24. The van der Waals surface area contributed by atoms with Gasteiger partial charge in [0.2, 0.25) is 0 Å². The van der Waals surface area contributed by atoms with Gasteiger partial charge in [0.1, 0.15) is 0 Å². The molecule has 2 rings (SSSR count). The van der Waals surface area contributed by atoms with Crippen molar-refractivity contribution in [3.63, 3.8) is 0 Å². The molecule has 0 bridgehead atoms. The highest BCUT2D eigenvalue weighted by Gasteiger charge is 2.16. The summed E-state index contributed by atoms with van der Waals surface area (Å²) >= 11 is 5.93. The third-order valence-electron chi connectivity index (χ3n) is 4.02. The molecule has 1 aliphatic rings. The zero-order valence-electron chi connectivity index (χ0n) is 11.2. The molecule has 1 saturated heterocycles. The van der Waals surface area contributed by atoms with Gasteiger partial charge in [-0.1, -0.05) is 31.0 Å². The first-order chi connectivity index (χ1) is 8.69. The van der Waals surface area contributed by atoms with E-state index in [0.717, 1.165) is 23.2 Å². The molecule has 0 saturated carbocycles. The Bertz CT molecular complexity index is 392. The number of hydrogen-bond acceptors (Lipinski definition) is 2. The van der Waals surface area contributed by atoms with Crippen molar-refractivity contribution >= 4 is 17.3 Å². The maximum atomic E-state index is 6.02. The van der Waals surface area contributed by atoms with Gasteiger partial charge in [-0.15, -0.1) is 0 Å². The first-order valence-electron chi connectivity index (χ1n) is 6.95. The molecule has 18 heavy (non-hydrogen) atoms. The Balaban J connectivity index is 1.96. The molecule has 1 aromatic rings. The van der Waals surface area contributed by atoms with Crippen LogP contribution in [-0.4, -0.2) is 18.0 Å². The second kappa shape index (κ2) is 6.44. The first-order valence-corrected chi connectivity index (χ1v) is 7.33. The molecule has 0 aromatic heterocycles. The summed E-state index contributed by atoms with van der Waals surface area (Å²) in [4.78, 5) is 2.52. The van der Waals surface area contributed by atoms with Crippen molar-refractivity contribution in [1.29, 1.82) is 0 Å². The zero-order valence-corrected chi connectivity index (χ0v) is 11.9. The van der Waals surface area contributed by atoms with E-state index in [4.69, 9.17) is 17.3 Å². The predicted molar refractivity (Wildman–Crippen MR) is 78.8 cm³/mol. The third-order valence-corrected chi connectivity index (χ3v) is 4.25. The number of likely N-dealkylation sites (tertiary alicyclic amines) is 1. The standard InChI is InChI=1S/C15H23ClN2/c1-2-12-4-3-8-18(9-7-12)11-13-5-6-14(16)10-15(13)17/h5-6,10,12H,2-4,7-9,11,17H2,1H3. The molecule has 3 heteroatoms. The molecule has 1 aromatic carbocycles. The average Bonchev–Trinajstić information content (AvgIpc) is 2.58. The van der Waals surface area contributed by atoms with Crippen LogP contribution in [0.1, 0.15) is 38.2 Å². The van der Waals surface area contributed by atoms with Crippen molar-refractivity contribution in [3.05, 3.63) is 28.8 Å². The minimum Gasteiger partial charge on any atom is -0.398 e. The fourth-order valence-electron chi connectivity index (χ4n) is 2.74. The van der Waals surface area contributed by atoms with Crippen molar-refractivity contribution in [2.75, 3.05) is 18.8 Å². The quantitative estimate of drug-likeness (QED) is 0.840. The van der Waals surface area contributed by atoms with Crippen molar-refractivity contribution in [2.24, 2.45) is 5.92 Å². The lowest BCUT2D eigenvalue weighted by atomic mass is 9.98. The largest absolute Gasteiger partial charge is 0.398 e. The van der Waals surface area contributed by atoms with E-state index in [-0.39, 0.29) is 0 Å². The number of benzene rings is 1. The van der Waals surface area contributed by atoms with Gasteiger partial charge in [0.05, 0.1) is 0 Å². The van der Waals surface area contributed by atoms with E-state index in [0.29, 0.717) is 0 Å². The Hall–Kier alpha value is -0.730. The summed E-state index contributed by atoms with van der Waals surface area (Å²) in [6.45, 7) is 5.65. The number of nitrogens with two attached hydrogens (primary N) is 1. The highest BCUT2D eigenvalue weighted by molar-refractivity contribution is 6.30. The molecule has 2 N–H and O–H groups in total. The number of hydrogen-bond donors (Lipinski definition) is 1. The molecule has 1 fully saturated rings.